The van der Waals surface area contributed by atoms with Crippen molar-refractivity contribution in [3.8, 4) is 22.5 Å². The molecular formula is C17H12F4N2S. The van der Waals surface area contributed by atoms with Crippen molar-refractivity contribution in [3.05, 3.63) is 59.9 Å². The van der Waals surface area contributed by atoms with Crippen LogP contribution in [0, 0.1) is 5.82 Å². The minimum absolute atomic E-state index is 0.365. The molecule has 3 rings (SSSR count). The van der Waals surface area contributed by atoms with Crippen LogP contribution in [0.1, 0.15) is 5.56 Å². The van der Waals surface area contributed by atoms with Crippen LogP contribution in [0.5, 0.6) is 0 Å². The lowest BCUT2D eigenvalue weighted by molar-refractivity contribution is -0.137. The number of nitrogens with zero attached hydrogens (tertiary/aromatic N) is 1. The summed E-state index contributed by atoms with van der Waals surface area (Å²) in [5.41, 5.74) is 1.72. The number of aromatic nitrogens is 2. The minimum atomic E-state index is -4.38. The predicted octanol–water partition coefficient (Wildman–Crippen LogP) is 5.62. The number of benzene rings is 2. The number of alkyl halides is 3. The standard InChI is InChI=1S/C17H12F4N2S/c1-24-16-22-14(10-2-6-12(7-3-10)17(19,20)21)15(23-16)11-4-8-13(18)9-5-11/h2-9H,1H3,(H,22,23). The van der Waals surface area contributed by atoms with E-state index >= 15 is 0 Å². The number of imidazole rings is 1. The molecule has 3 aromatic rings. The molecule has 24 heavy (non-hydrogen) atoms. The Bertz CT molecular complexity index is 837. The van der Waals surface area contributed by atoms with Gasteiger partial charge in [-0.05, 0) is 42.7 Å². The number of hydrogen-bond acceptors (Lipinski definition) is 2. The fourth-order valence-corrected chi connectivity index (χ4v) is 2.69. The van der Waals surface area contributed by atoms with Crippen LogP contribution < -0.4 is 0 Å². The van der Waals surface area contributed by atoms with Crippen LogP contribution in [0.25, 0.3) is 22.5 Å². The van der Waals surface area contributed by atoms with Gasteiger partial charge in [0.25, 0.3) is 0 Å². The van der Waals surface area contributed by atoms with Crippen molar-refractivity contribution in [1.29, 1.82) is 0 Å². The van der Waals surface area contributed by atoms with Gasteiger partial charge in [0.2, 0.25) is 0 Å². The van der Waals surface area contributed by atoms with Gasteiger partial charge < -0.3 is 4.98 Å². The highest BCUT2D eigenvalue weighted by Gasteiger charge is 2.30. The van der Waals surface area contributed by atoms with Gasteiger partial charge in [0.15, 0.2) is 5.16 Å². The maximum Gasteiger partial charge on any atom is 0.416 e. The second kappa shape index (κ2) is 6.32. The normalized spacial score (nSPS) is 11.7. The molecule has 0 amide bonds. The highest BCUT2D eigenvalue weighted by atomic mass is 32.2. The molecule has 1 N–H and O–H groups in total. The molecule has 2 nitrogen and oxygen atoms in total. The fraction of sp³-hybridized carbons (Fsp3) is 0.118. The third-order valence-corrected chi connectivity index (χ3v) is 4.07. The number of nitrogens with one attached hydrogen (secondary N) is 1. The second-order valence-corrected chi connectivity index (χ2v) is 5.85. The molecule has 0 saturated carbocycles. The van der Waals surface area contributed by atoms with E-state index < -0.39 is 11.7 Å². The Balaban J connectivity index is 2.07. The summed E-state index contributed by atoms with van der Waals surface area (Å²) in [7, 11) is 0. The molecule has 2 aromatic carbocycles. The van der Waals surface area contributed by atoms with Gasteiger partial charge in [-0.3, -0.25) is 0 Å². The van der Waals surface area contributed by atoms with Crippen molar-refractivity contribution in [2.45, 2.75) is 11.3 Å². The predicted molar refractivity (Wildman–Crippen MR) is 86.2 cm³/mol. The largest absolute Gasteiger partial charge is 0.416 e. The summed E-state index contributed by atoms with van der Waals surface area (Å²) in [6.07, 6.45) is -2.54. The molecule has 0 aliphatic heterocycles. The SMILES string of the molecule is CSc1nc(-c2ccc(F)cc2)c(-c2ccc(C(F)(F)F)cc2)[nH]1. The summed E-state index contributed by atoms with van der Waals surface area (Å²) < 4.78 is 51.2. The monoisotopic (exact) mass is 352 g/mol. The molecule has 0 spiro atoms. The second-order valence-electron chi connectivity index (χ2n) is 5.05. The number of aromatic amines is 1. The zero-order valence-electron chi connectivity index (χ0n) is 12.5. The smallest absolute Gasteiger partial charge is 0.332 e. The Morgan fingerprint density at radius 3 is 2.04 bits per heavy atom. The first kappa shape index (κ1) is 16.6. The minimum Gasteiger partial charge on any atom is -0.332 e. The highest BCUT2D eigenvalue weighted by molar-refractivity contribution is 7.98. The Morgan fingerprint density at radius 2 is 1.50 bits per heavy atom. The summed E-state index contributed by atoms with van der Waals surface area (Å²) in [5, 5.41) is 0.629. The number of H-pyrrole nitrogens is 1. The number of rotatable bonds is 3. The van der Waals surface area contributed by atoms with Gasteiger partial charge in [-0.1, -0.05) is 23.9 Å². The third-order valence-electron chi connectivity index (χ3n) is 3.49. The van der Waals surface area contributed by atoms with Crippen LogP contribution >= 0.6 is 11.8 Å². The molecule has 0 fully saturated rings. The lowest BCUT2D eigenvalue weighted by Gasteiger charge is -2.08. The van der Waals surface area contributed by atoms with Crippen molar-refractivity contribution < 1.29 is 17.6 Å². The summed E-state index contributed by atoms with van der Waals surface area (Å²) in [6.45, 7) is 0. The molecule has 1 heterocycles. The van der Waals surface area contributed by atoms with Gasteiger partial charge in [-0.2, -0.15) is 13.2 Å². The van der Waals surface area contributed by atoms with E-state index in [1.165, 1.54) is 36.0 Å². The molecule has 0 bridgehead atoms. The summed E-state index contributed by atoms with van der Waals surface area (Å²) >= 11 is 1.38. The molecule has 0 saturated heterocycles. The Labute approximate surface area is 139 Å². The molecule has 0 aliphatic rings. The molecule has 1 aromatic heterocycles. The molecule has 0 aliphatic carbocycles. The van der Waals surface area contributed by atoms with Crippen molar-refractivity contribution in [3.63, 3.8) is 0 Å². The van der Waals surface area contributed by atoms with Gasteiger partial charge in [0.1, 0.15) is 5.82 Å². The highest BCUT2D eigenvalue weighted by Crippen LogP contribution is 2.35. The first-order valence-corrected chi connectivity index (χ1v) is 8.18. The average Bonchev–Trinajstić information content (AvgIpc) is 2.99. The summed E-state index contributed by atoms with van der Waals surface area (Å²) in [4.78, 5) is 7.53. The molecule has 124 valence electrons. The number of thioether (sulfide) groups is 1. The van der Waals surface area contributed by atoms with Gasteiger partial charge in [0, 0.05) is 11.1 Å². The first-order chi connectivity index (χ1) is 11.4. The topological polar surface area (TPSA) is 28.7 Å². The number of halogens is 4. The van der Waals surface area contributed by atoms with E-state index in [1.807, 2.05) is 6.26 Å². The van der Waals surface area contributed by atoms with Crippen molar-refractivity contribution in [2.24, 2.45) is 0 Å². The zero-order valence-corrected chi connectivity index (χ0v) is 13.3. The summed E-state index contributed by atoms with van der Waals surface area (Å²) in [5.74, 6) is -0.365. The van der Waals surface area contributed by atoms with Gasteiger partial charge in [-0.25, -0.2) is 9.37 Å². The molecular weight excluding hydrogens is 340 g/mol. The maximum absolute atomic E-state index is 13.1. The van der Waals surface area contributed by atoms with Gasteiger partial charge in [0.05, 0.1) is 17.0 Å². The molecule has 0 unspecified atom stereocenters. The van der Waals surface area contributed by atoms with Crippen molar-refractivity contribution in [1.82, 2.24) is 9.97 Å². The van der Waals surface area contributed by atoms with Gasteiger partial charge >= 0.3 is 6.18 Å². The molecule has 0 radical (unpaired) electrons. The molecule has 7 heteroatoms. The van der Waals surface area contributed by atoms with Crippen LogP contribution in [0.2, 0.25) is 0 Å². The van der Waals surface area contributed by atoms with E-state index in [2.05, 4.69) is 9.97 Å². The van der Waals surface area contributed by atoms with Crippen LogP contribution in [-0.4, -0.2) is 16.2 Å². The lowest BCUT2D eigenvalue weighted by Crippen LogP contribution is -2.04. The van der Waals surface area contributed by atoms with Crippen LogP contribution in [0.3, 0.4) is 0 Å². The van der Waals surface area contributed by atoms with E-state index in [1.54, 1.807) is 12.1 Å². The quantitative estimate of drug-likeness (QED) is 0.489. The van der Waals surface area contributed by atoms with Crippen LogP contribution in [0.15, 0.2) is 53.7 Å². The number of hydrogen-bond donors (Lipinski definition) is 1. The first-order valence-electron chi connectivity index (χ1n) is 6.96. The van der Waals surface area contributed by atoms with Crippen molar-refractivity contribution >= 4 is 11.8 Å². The maximum atomic E-state index is 13.1. The molecule has 0 atom stereocenters. The fourth-order valence-electron chi connectivity index (χ4n) is 2.30. The van der Waals surface area contributed by atoms with E-state index in [0.717, 1.165) is 12.1 Å². The van der Waals surface area contributed by atoms with E-state index in [-0.39, 0.29) is 5.82 Å². The Morgan fingerprint density at radius 1 is 0.917 bits per heavy atom. The van der Waals surface area contributed by atoms with E-state index in [4.69, 9.17) is 0 Å². The Hall–Kier alpha value is -2.28. The van der Waals surface area contributed by atoms with Gasteiger partial charge in [-0.15, -0.1) is 0 Å². The zero-order chi connectivity index (χ0) is 17.3. The van der Waals surface area contributed by atoms with Crippen LogP contribution in [0.4, 0.5) is 17.6 Å². The van der Waals surface area contributed by atoms with Crippen molar-refractivity contribution in [2.75, 3.05) is 6.26 Å². The Kier molecular flexibility index (Phi) is 4.36. The van der Waals surface area contributed by atoms with Crippen LogP contribution in [-0.2, 0) is 6.18 Å². The van der Waals surface area contributed by atoms with E-state index in [9.17, 15) is 17.6 Å². The lowest BCUT2D eigenvalue weighted by atomic mass is 10.0. The summed E-state index contributed by atoms with van der Waals surface area (Å²) in [6, 6.07) is 10.7. The van der Waals surface area contributed by atoms with E-state index in [0.29, 0.717) is 27.7 Å². The average molecular weight is 352 g/mol. The third kappa shape index (κ3) is 3.31.